The molecular formula is C15H20N4O2. The Balaban J connectivity index is 1.69. The molecule has 1 aromatic rings. The van der Waals surface area contributed by atoms with E-state index in [4.69, 9.17) is 4.74 Å². The summed E-state index contributed by atoms with van der Waals surface area (Å²) < 4.78 is 5.11. The molecule has 0 aliphatic carbocycles. The van der Waals surface area contributed by atoms with E-state index in [9.17, 15) is 4.79 Å². The van der Waals surface area contributed by atoms with Crippen molar-refractivity contribution in [2.24, 2.45) is 16.8 Å². The van der Waals surface area contributed by atoms with Gasteiger partial charge in [0.25, 0.3) is 5.91 Å². The van der Waals surface area contributed by atoms with Gasteiger partial charge in [-0.2, -0.15) is 4.99 Å². The van der Waals surface area contributed by atoms with E-state index in [0.717, 1.165) is 44.3 Å². The minimum absolute atomic E-state index is 0.0588. The van der Waals surface area contributed by atoms with Crippen LogP contribution >= 0.6 is 0 Å². The van der Waals surface area contributed by atoms with E-state index < -0.39 is 0 Å². The standard InChI is InChI=1S/C15H20N4O2/c1-21-7-6-19-4-2-11(3-5-19)13-8-12-9-16-10-17-14(12)18-15(13)20/h8-11,13H,2-7H2,1H3. The lowest BCUT2D eigenvalue weighted by Gasteiger charge is -2.34. The lowest BCUT2D eigenvalue weighted by molar-refractivity contribution is -0.122. The number of hydrogen-bond donors (Lipinski definition) is 0. The van der Waals surface area contributed by atoms with Crippen LogP contribution in [0, 0.1) is 11.8 Å². The number of aromatic nitrogens is 2. The predicted molar refractivity (Wildman–Crippen MR) is 76.8 cm³/mol. The van der Waals surface area contributed by atoms with Crippen molar-refractivity contribution in [3.05, 3.63) is 23.2 Å². The highest BCUT2D eigenvalue weighted by molar-refractivity contribution is 5.86. The Morgan fingerprint density at radius 2 is 2.19 bits per heavy atom. The third kappa shape index (κ3) is 3.16. The Morgan fingerprint density at radius 1 is 1.38 bits per heavy atom. The van der Waals surface area contributed by atoms with Crippen molar-refractivity contribution < 1.29 is 9.53 Å². The predicted octanol–water partition coefficient (Wildman–Crippen LogP) is -0.608. The summed E-state index contributed by atoms with van der Waals surface area (Å²) in [5, 5.41) is 0.879. The molecule has 0 aromatic carbocycles. The molecule has 0 N–H and O–H groups in total. The molecule has 1 aromatic heterocycles. The zero-order valence-corrected chi connectivity index (χ0v) is 12.2. The van der Waals surface area contributed by atoms with Crippen molar-refractivity contribution in [3.63, 3.8) is 0 Å². The molecule has 1 saturated heterocycles. The van der Waals surface area contributed by atoms with E-state index in [1.54, 1.807) is 13.3 Å². The third-order valence-corrected chi connectivity index (χ3v) is 4.33. The Kier molecular flexibility index (Phi) is 4.36. The van der Waals surface area contributed by atoms with Gasteiger partial charge in [-0.15, -0.1) is 0 Å². The van der Waals surface area contributed by atoms with Crippen LogP contribution in [0.25, 0.3) is 6.08 Å². The molecule has 0 spiro atoms. The van der Waals surface area contributed by atoms with E-state index in [0.29, 0.717) is 11.4 Å². The molecule has 21 heavy (non-hydrogen) atoms. The summed E-state index contributed by atoms with van der Waals surface area (Å²) in [6, 6.07) is 0. The Bertz CT molecular complexity index is 623. The van der Waals surface area contributed by atoms with Crippen molar-refractivity contribution in [3.8, 4) is 0 Å². The van der Waals surface area contributed by atoms with E-state index in [1.165, 1.54) is 6.33 Å². The molecule has 0 bridgehead atoms. The summed E-state index contributed by atoms with van der Waals surface area (Å²) in [6.07, 6.45) is 7.21. The Labute approximate surface area is 123 Å². The average molecular weight is 288 g/mol. The first-order chi connectivity index (χ1) is 10.3. The first kappa shape index (κ1) is 14.3. The van der Waals surface area contributed by atoms with Crippen LogP contribution in [-0.4, -0.2) is 54.1 Å². The SMILES string of the molecule is COCCN1CCC(C2C=c3cncnc3=NC2=O)CC1. The highest BCUT2D eigenvalue weighted by Gasteiger charge is 2.31. The zero-order chi connectivity index (χ0) is 14.7. The van der Waals surface area contributed by atoms with Crippen LogP contribution in [0.4, 0.5) is 0 Å². The van der Waals surface area contributed by atoms with Gasteiger partial charge in [0, 0.05) is 25.1 Å². The second kappa shape index (κ2) is 6.41. The van der Waals surface area contributed by atoms with Crippen molar-refractivity contribution in [2.45, 2.75) is 12.8 Å². The van der Waals surface area contributed by atoms with Crippen LogP contribution in [0.2, 0.25) is 0 Å². The van der Waals surface area contributed by atoms with Gasteiger partial charge in [0.15, 0.2) is 5.49 Å². The number of rotatable bonds is 4. The number of amides is 1. The molecule has 1 atom stereocenters. The lowest BCUT2D eigenvalue weighted by Crippen LogP contribution is -2.42. The summed E-state index contributed by atoms with van der Waals surface area (Å²) in [7, 11) is 1.73. The van der Waals surface area contributed by atoms with Crippen molar-refractivity contribution in [1.29, 1.82) is 0 Å². The number of piperidine rings is 1. The summed E-state index contributed by atoms with van der Waals surface area (Å²) in [5.74, 6) is 0.193. The summed E-state index contributed by atoms with van der Waals surface area (Å²) in [6.45, 7) is 3.76. The fourth-order valence-corrected chi connectivity index (χ4v) is 3.08. The van der Waals surface area contributed by atoms with Crippen LogP contribution in [0.5, 0.6) is 0 Å². The molecule has 3 rings (SSSR count). The third-order valence-electron chi connectivity index (χ3n) is 4.33. The van der Waals surface area contributed by atoms with Crippen molar-refractivity contribution in [1.82, 2.24) is 14.9 Å². The molecule has 0 radical (unpaired) electrons. The highest BCUT2D eigenvalue weighted by Crippen LogP contribution is 2.27. The Hall–Kier alpha value is -1.66. The van der Waals surface area contributed by atoms with E-state index >= 15 is 0 Å². The molecule has 0 saturated carbocycles. The molecule has 1 amide bonds. The van der Waals surface area contributed by atoms with Gasteiger partial charge in [-0.3, -0.25) is 4.79 Å². The zero-order valence-electron chi connectivity index (χ0n) is 12.2. The van der Waals surface area contributed by atoms with Crippen LogP contribution < -0.4 is 10.7 Å². The van der Waals surface area contributed by atoms with Gasteiger partial charge >= 0.3 is 0 Å². The fraction of sp³-hybridized carbons (Fsp3) is 0.600. The summed E-state index contributed by atoms with van der Waals surface area (Å²) >= 11 is 0. The molecule has 3 heterocycles. The largest absolute Gasteiger partial charge is 0.383 e. The maximum absolute atomic E-state index is 12.2. The number of hydrogen-bond acceptors (Lipinski definition) is 5. The van der Waals surface area contributed by atoms with Gasteiger partial charge in [-0.1, -0.05) is 6.08 Å². The van der Waals surface area contributed by atoms with Gasteiger partial charge < -0.3 is 9.64 Å². The number of likely N-dealkylation sites (tertiary alicyclic amines) is 1. The number of ether oxygens (including phenoxy) is 1. The van der Waals surface area contributed by atoms with Crippen LogP contribution in [0.3, 0.4) is 0 Å². The molecule has 6 nitrogen and oxygen atoms in total. The smallest absolute Gasteiger partial charge is 0.254 e. The number of nitrogens with zero attached hydrogens (tertiary/aromatic N) is 4. The van der Waals surface area contributed by atoms with Crippen LogP contribution in [0.1, 0.15) is 12.8 Å². The van der Waals surface area contributed by atoms with Crippen molar-refractivity contribution in [2.75, 3.05) is 33.4 Å². The minimum atomic E-state index is -0.118. The molecule has 2 aliphatic heterocycles. The topological polar surface area (TPSA) is 67.7 Å². The number of carbonyl (C=O) groups excluding carboxylic acids is 1. The van der Waals surface area contributed by atoms with Gasteiger partial charge in [-0.25, -0.2) is 9.97 Å². The van der Waals surface area contributed by atoms with Crippen LogP contribution in [-0.2, 0) is 9.53 Å². The van der Waals surface area contributed by atoms with Crippen LogP contribution in [0.15, 0.2) is 17.5 Å². The maximum Gasteiger partial charge on any atom is 0.254 e. The number of fused-ring (bicyclic) bond motifs is 1. The number of carbonyl (C=O) groups is 1. The monoisotopic (exact) mass is 288 g/mol. The van der Waals surface area contributed by atoms with Gasteiger partial charge in [0.2, 0.25) is 0 Å². The second-order valence-electron chi connectivity index (χ2n) is 5.62. The quantitative estimate of drug-likeness (QED) is 0.739. The lowest BCUT2D eigenvalue weighted by atomic mass is 9.82. The van der Waals surface area contributed by atoms with Gasteiger partial charge in [0.1, 0.15) is 6.33 Å². The molecule has 1 unspecified atom stereocenters. The average Bonchev–Trinajstić information content (AvgIpc) is 2.53. The summed E-state index contributed by atoms with van der Waals surface area (Å²) in [5.41, 5.74) is 0.504. The molecular weight excluding hydrogens is 268 g/mol. The van der Waals surface area contributed by atoms with E-state index in [-0.39, 0.29) is 11.8 Å². The maximum atomic E-state index is 12.2. The normalized spacial score (nSPS) is 23.3. The first-order valence-corrected chi connectivity index (χ1v) is 7.39. The fourth-order valence-electron chi connectivity index (χ4n) is 3.08. The molecule has 1 fully saturated rings. The Morgan fingerprint density at radius 3 is 2.95 bits per heavy atom. The first-order valence-electron chi connectivity index (χ1n) is 7.39. The minimum Gasteiger partial charge on any atom is -0.383 e. The molecule has 2 aliphatic rings. The van der Waals surface area contributed by atoms with E-state index in [1.807, 2.05) is 6.08 Å². The molecule has 6 heteroatoms. The second-order valence-corrected chi connectivity index (χ2v) is 5.62. The van der Waals surface area contributed by atoms with Gasteiger partial charge in [-0.05, 0) is 31.8 Å². The summed E-state index contributed by atoms with van der Waals surface area (Å²) in [4.78, 5) is 26.8. The van der Waals surface area contributed by atoms with Gasteiger partial charge in [0.05, 0.1) is 12.5 Å². The van der Waals surface area contributed by atoms with Crippen molar-refractivity contribution >= 4 is 12.0 Å². The number of methoxy groups -OCH3 is 1. The van der Waals surface area contributed by atoms with E-state index in [2.05, 4.69) is 19.9 Å². The highest BCUT2D eigenvalue weighted by atomic mass is 16.5. The molecule has 112 valence electrons.